The van der Waals surface area contributed by atoms with Gasteiger partial charge in [0.05, 0.1) is 0 Å². The van der Waals surface area contributed by atoms with Crippen molar-refractivity contribution in [2.24, 2.45) is 23.7 Å². The molecule has 1 saturated carbocycles. The molecule has 0 radical (unpaired) electrons. The number of cyclic esters (lactones) is 1. The number of nitrogens with one attached hydrogen (secondary N) is 3. The van der Waals surface area contributed by atoms with Crippen molar-refractivity contribution in [2.45, 2.75) is 84.2 Å². The van der Waals surface area contributed by atoms with Gasteiger partial charge >= 0.3 is 12.1 Å². The molecule has 3 N–H and O–H groups in total. The summed E-state index contributed by atoms with van der Waals surface area (Å²) in [4.78, 5) is 50.4. The summed E-state index contributed by atoms with van der Waals surface area (Å²) in [6.07, 6.45) is 1.68. The van der Waals surface area contributed by atoms with Gasteiger partial charge in [0, 0.05) is 12.1 Å². The molecule has 2 aromatic carbocycles. The normalized spacial score (nSPS) is 23.7. The van der Waals surface area contributed by atoms with E-state index in [1.165, 1.54) is 5.56 Å². The molecule has 1 aliphatic carbocycles. The Morgan fingerprint density at radius 2 is 1.60 bits per heavy atom. The molecule has 0 unspecified atom stereocenters. The van der Waals surface area contributed by atoms with E-state index in [4.69, 9.17) is 9.47 Å². The quantitative estimate of drug-likeness (QED) is 0.290. The summed E-state index contributed by atoms with van der Waals surface area (Å²) in [5.74, 6) is -0.912. The standard InChI is InChI=1S/C33H43N3O6/c1-5-20(2)28-29(42-32(28)39)31(38)36-27-18-25(27)21(3)26(17-16-23-12-8-6-9-13-23)35-30(37)22(4)34-33(40)41-19-24-14-10-7-11-15-24/h6-15,20-22,25-29H,5,16-19H2,1-4H3,(H,34,40)(H,35,37)(H,36,38)/t20-,21+,22-,25-,26+,27-,28-,29+/m0/s1. The lowest BCUT2D eigenvalue weighted by atomic mass is 9.83. The average Bonchev–Trinajstić information content (AvgIpc) is 3.76. The van der Waals surface area contributed by atoms with Gasteiger partial charge in [-0.1, -0.05) is 87.9 Å². The molecule has 42 heavy (non-hydrogen) atoms. The van der Waals surface area contributed by atoms with Crippen LogP contribution in [-0.2, 0) is 36.9 Å². The van der Waals surface area contributed by atoms with Crippen molar-refractivity contribution < 1.29 is 28.7 Å². The number of esters is 1. The molecular weight excluding hydrogens is 534 g/mol. The van der Waals surface area contributed by atoms with E-state index in [0.29, 0.717) is 6.42 Å². The van der Waals surface area contributed by atoms with E-state index in [0.717, 1.165) is 24.8 Å². The summed E-state index contributed by atoms with van der Waals surface area (Å²) in [6.45, 7) is 7.80. The van der Waals surface area contributed by atoms with Crippen LogP contribution in [0, 0.1) is 23.7 Å². The number of rotatable bonds is 14. The first kappa shape index (κ1) is 31.1. The van der Waals surface area contributed by atoms with Crippen LogP contribution in [0.15, 0.2) is 60.7 Å². The highest BCUT2D eigenvalue weighted by Gasteiger charge is 2.52. The van der Waals surface area contributed by atoms with Crippen LogP contribution in [0.25, 0.3) is 0 Å². The highest BCUT2D eigenvalue weighted by atomic mass is 16.6. The second kappa shape index (κ2) is 14.3. The fraction of sp³-hybridized carbons (Fsp3) is 0.515. The van der Waals surface area contributed by atoms with Crippen LogP contribution in [0.3, 0.4) is 0 Å². The van der Waals surface area contributed by atoms with Crippen LogP contribution in [0.5, 0.6) is 0 Å². The molecule has 2 aliphatic rings. The Labute approximate surface area is 248 Å². The molecule has 2 aromatic rings. The van der Waals surface area contributed by atoms with Crippen LogP contribution in [-0.4, -0.2) is 48.1 Å². The molecule has 1 saturated heterocycles. The minimum absolute atomic E-state index is 0.0379. The Morgan fingerprint density at radius 3 is 2.21 bits per heavy atom. The lowest BCUT2D eigenvalue weighted by Gasteiger charge is -2.37. The molecule has 1 aliphatic heterocycles. The fourth-order valence-corrected chi connectivity index (χ4v) is 5.60. The van der Waals surface area contributed by atoms with Gasteiger partial charge in [0.25, 0.3) is 5.91 Å². The zero-order chi connectivity index (χ0) is 30.2. The van der Waals surface area contributed by atoms with E-state index in [1.807, 2.05) is 62.4 Å². The molecule has 1 heterocycles. The molecule has 0 aromatic heterocycles. The third-order valence-corrected chi connectivity index (χ3v) is 8.69. The Balaban J connectivity index is 1.32. The van der Waals surface area contributed by atoms with Crippen LogP contribution in [0.4, 0.5) is 4.79 Å². The molecular formula is C33H43N3O6. The van der Waals surface area contributed by atoms with E-state index < -0.39 is 24.2 Å². The monoisotopic (exact) mass is 577 g/mol. The largest absolute Gasteiger partial charge is 0.451 e. The number of benzene rings is 2. The van der Waals surface area contributed by atoms with Crippen LogP contribution in [0.1, 0.15) is 58.1 Å². The topological polar surface area (TPSA) is 123 Å². The Bertz CT molecular complexity index is 1220. The number of carbonyl (C=O) groups excluding carboxylic acids is 4. The summed E-state index contributed by atoms with van der Waals surface area (Å²) in [7, 11) is 0. The second-order valence-corrected chi connectivity index (χ2v) is 11.7. The molecule has 9 heteroatoms. The number of amides is 3. The van der Waals surface area contributed by atoms with E-state index in [-0.39, 0.29) is 54.2 Å². The van der Waals surface area contributed by atoms with Crippen LogP contribution in [0.2, 0.25) is 0 Å². The van der Waals surface area contributed by atoms with Gasteiger partial charge in [-0.15, -0.1) is 0 Å². The smallest absolute Gasteiger partial charge is 0.408 e. The van der Waals surface area contributed by atoms with Gasteiger partial charge in [-0.05, 0) is 55.1 Å². The van der Waals surface area contributed by atoms with Crippen molar-refractivity contribution in [1.29, 1.82) is 0 Å². The van der Waals surface area contributed by atoms with Gasteiger partial charge in [-0.2, -0.15) is 0 Å². The highest BCUT2D eigenvalue weighted by Crippen LogP contribution is 2.41. The van der Waals surface area contributed by atoms with Gasteiger partial charge in [0.2, 0.25) is 5.91 Å². The first-order valence-electron chi connectivity index (χ1n) is 15.0. The van der Waals surface area contributed by atoms with Gasteiger partial charge in [-0.25, -0.2) is 4.79 Å². The minimum atomic E-state index is -0.791. The third-order valence-electron chi connectivity index (χ3n) is 8.69. The maximum Gasteiger partial charge on any atom is 0.408 e. The van der Waals surface area contributed by atoms with Crippen molar-refractivity contribution >= 4 is 23.9 Å². The Morgan fingerprint density at radius 1 is 0.952 bits per heavy atom. The van der Waals surface area contributed by atoms with Crippen molar-refractivity contribution in [3.63, 3.8) is 0 Å². The van der Waals surface area contributed by atoms with Gasteiger partial charge in [-0.3, -0.25) is 14.4 Å². The molecule has 2 fully saturated rings. The van der Waals surface area contributed by atoms with Crippen molar-refractivity contribution in [3.05, 3.63) is 71.8 Å². The highest BCUT2D eigenvalue weighted by molar-refractivity contribution is 5.94. The predicted octanol–water partition coefficient (Wildman–Crippen LogP) is 4.15. The number of ether oxygens (including phenoxy) is 2. The Kier molecular flexibility index (Phi) is 10.6. The molecule has 9 nitrogen and oxygen atoms in total. The molecule has 226 valence electrons. The van der Waals surface area contributed by atoms with Crippen molar-refractivity contribution in [2.75, 3.05) is 0 Å². The zero-order valence-corrected chi connectivity index (χ0v) is 24.9. The zero-order valence-electron chi connectivity index (χ0n) is 24.9. The Hall–Kier alpha value is -3.88. The number of aryl methyl sites for hydroxylation is 1. The van der Waals surface area contributed by atoms with E-state index in [2.05, 4.69) is 35.0 Å². The third kappa shape index (κ3) is 8.11. The molecule has 0 bridgehead atoms. The van der Waals surface area contributed by atoms with Crippen molar-refractivity contribution in [1.82, 2.24) is 16.0 Å². The van der Waals surface area contributed by atoms with E-state index >= 15 is 0 Å². The number of hydrogen-bond acceptors (Lipinski definition) is 6. The first-order chi connectivity index (χ1) is 20.2. The predicted molar refractivity (Wildman–Crippen MR) is 158 cm³/mol. The van der Waals surface area contributed by atoms with E-state index in [9.17, 15) is 19.2 Å². The lowest BCUT2D eigenvalue weighted by molar-refractivity contribution is -0.193. The number of carbonyl (C=O) groups is 4. The summed E-state index contributed by atoms with van der Waals surface area (Å²) in [5, 5.41) is 8.85. The van der Waals surface area contributed by atoms with E-state index in [1.54, 1.807) is 6.92 Å². The molecule has 0 spiro atoms. The van der Waals surface area contributed by atoms with Crippen LogP contribution >= 0.6 is 0 Å². The molecule has 8 atom stereocenters. The summed E-state index contributed by atoms with van der Waals surface area (Å²) in [6, 6.07) is 18.4. The first-order valence-corrected chi connectivity index (χ1v) is 15.0. The summed E-state index contributed by atoms with van der Waals surface area (Å²) < 4.78 is 10.5. The molecule has 3 amide bonds. The van der Waals surface area contributed by atoms with Crippen molar-refractivity contribution in [3.8, 4) is 0 Å². The van der Waals surface area contributed by atoms with Gasteiger partial charge < -0.3 is 25.4 Å². The summed E-state index contributed by atoms with van der Waals surface area (Å²) >= 11 is 0. The second-order valence-electron chi connectivity index (χ2n) is 11.7. The maximum atomic E-state index is 13.2. The maximum absolute atomic E-state index is 13.2. The molecule has 4 rings (SSSR count). The summed E-state index contributed by atoms with van der Waals surface area (Å²) in [5.41, 5.74) is 2.03. The lowest BCUT2D eigenvalue weighted by Crippen LogP contribution is -2.56. The SMILES string of the molecule is CC[C@H](C)[C@@H]1C(=O)O[C@H]1C(=O)N[C@H]1C[C@H]1[C@@H](C)[C@@H](CCc1ccccc1)NC(=O)[C@H](C)NC(=O)OCc1ccccc1. The number of alkyl carbamates (subject to hydrolysis) is 1. The van der Waals surface area contributed by atoms with Gasteiger partial charge in [0.1, 0.15) is 18.6 Å². The van der Waals surface area contributed by atoms with Gasteiger partial charge in [0.15, 0.2) is 6.10 Å². The number of hydrogen-bond donors (Lipinski definition) is 3. The van der Waals surface area contributed by atoms with Crippen LogP contribution < -0.4 is 16.0 Å². The average molecular weight is 578 g/mol. The fourth-order valence-electron chi connectivity index (χ4n) is 5.60. The minimum Gasteiger partial charge on any atom is -0.451 e.